The van der Waals surface area contributed by atoms with Gasteiger partial charge in [0.2, 0.25) is 0 Å². The fraction of sp³-hybridized carbons (Fsp3) is 0. The topological polar surface area (TPSA) is 41.0 Å². The van der Waals surface area contributed by atoms with Crippen molar-refractivity contribution in [1.29, 1.82) is 0 Å². The number of rotatable bonds is 2. The lowest BCUT2D eigenvalue weighted by Crippen LogP contribution is -1.80. The van der Waals surface area contributed by atoms with Gasteiger partial charge in [-0.05, 0) is 35.9 Å². The molecule has 0 spiro atoms. The minimum Gasteiger partial charge on any atom is -0.278 e. The molecule has 94 valence electrons. The van der Waals surface area contributed by atoms with E-state index in [1.807, 2.05) is 24.3 Å². The van der Waals surface area contributed by atoms with Crippen molar-refractivity contribution in [3.63, 3.8) is 0 Å². The third-order valence-electron chi connectivity index (χ3n) is 2.73. The Morgan fingerprint density at radius 3 is 2.79 bits per heavy atom. The highest BCUT2D eigenvalue weighted by Gasteiger charge is 1.98. The van der Waals surface area contributed by atoms with Crippen LogP contribution in [0.4, 0.5) is 5.69 Å². The number of aliphatic imine (C=N–C) groups is 1. The normalized spacial score (nSPS) is 11.5. The van der Waals surface area contributed by atoms with Crippen molar-refractivity contribution in [3.8, 4) is 0 Å². The van der Waals surface area contributed by atoms with Gasteiger partial charge in [0.15, 0.2) is 0 Å². The van der Waals surface area contributed by atoms with Gasteiger partial charge in [-0.1, -0.05) is 29.3 Å². The molecule has 3 nitrogen and oxygen atoms in total. The molecule has 3 aromatic rings. The maximum Gasteiger partial charge on any atom is 0.0671 e. The van der Waals surface area contributed by atoms with E-state index in [4.69, 9.17) is 23.2 Å². The lowest BCUT2D eigenvalue weighted by atomic mass is 10.2. The monoisotopic (exact) mass is 289 g/mol. The number of aromatic amines is 1. The molecule has 5 heteroatoms. The summed E-state index contributed by atoms with van der Waals surface area (Å²) in [5.74, 6) is 0. The first kappa shape index (κ1) is 12.2. The van der Waals surface area contributed by atoms with Gasteiger partial charge in [-0.15, -0.1) is 0 Å². The molecule has 19 heavy (non-hydrogen) atoms. The molecule has 1 heterocycles. The van der Waals surface area contributed by atoms with E-state index < -0.39 is 0 Å². The molecule has 0 saturated heterocycles. The highest BCUT2D eigenvalue weighted by atomic mass is 35.5. The minimum atomic E-state index is 0.523. The fourth-order valence-corrected chi connectivity index (χ4v) is 2.05. The van der Waals surface area contributed by atoms with Gasteiger partial charge in [0, 0.05) is 11.6 Å². The average Bonchev–Trinajstić information content (AvgIpc) is 2.87. The Labute approximate surface area is 119 Å². The Bertz CT molecular complexity index is 762. The average molecular weight is 290 g/mol. The zero-order valence-electron chi connectivity index (χ0n) is 9.77. The maximum absolute atomic E-state index is 5.95. The fourth-order valence-electron chi connectivity index (χ4n) is 1.75. The largest absolute Gasteiger partial charge is 0.278 e. The van der Waals surface area contributed by atoms with Gasteiger partial charge in [-0.25, -0.2) is 0 Å². The number of halogens is 2. The van der Waals surface area contributed by atoms with E-state index >= 15 is 0 Å². The number of hydrogen-bond acceptors (Lipinski definition) is 2. The van der Waals surface area contributed by atoms with Gasteiger partial charge in [-0.2, -0.15) is 5.10 Å². The van der Waals surface area contributed by atoms with Gasteiger partial charge in [0.05, 0.1) is 27.4 Å². The Balaban J connectivity index is 1.90. The summed E-state index contributed by atoms with van der Waals surface area (Å²) in [5.41, 5.74) is 2.71. The van der Waals surface area contributed by atoms with E-state index in [2.05, 4.69) is 15.2 Å². The quantitative estimate of drug-likeness (QED) is 0.687. The molecular weight excluding hydrogens is 281 g/mol. The number of H-pyrrole nitrogens is 1. The first-order chi connectivity index (χ1) is 9.22. The molecule has 0 aliphatic carbocycles. The van der Waals surface area contributed by atoms with E-state index in [0.717, 1.165) is 22.2 Å². The maximum atomic E-state index is 5.95. The molecule has 0 aliphatic heterocycles. The first-order valence-corrected chi connectivity index (χ1v) is 6.40. The number of aromatic nitrogens is 2. The SMILES string of the molecule is Clc1ccc(C=Nc2ccc3cn[nH]c3c2)cc1Cl. The van der Waals surface area contributed by atoms with Crippen LogP contribution in [0.15, 0.2) is 47.6 Å². The van der Waals surface area contributed by atoms with Crippen LogP contribution in [0, 0.1) is 0 Å². The summed E-state index contributed by atoms with van der Waals surface area (Å²) in [6.45, 7) is 0. The van der Waals surface area contributed by atoms with Crippen LogP contribution in [-0.2, 0) is 0 Å². The van der Waals surface area contributed by atoms with Crippen molar-refractivity contribution in [3.05, 3.63) is 58.2 Å². The first-order valence-electron chi connectivity index (χ1n) is 5.64. The van der Waals surface area contributed by atoms with Crippen LogP contribution in [0.3, 0.4) is 0 Å². The van der Waals surface area contributed by atoms with Gasteiger partial charge in [-0.3, -0.25) is 10.1 Å². The zero-order valence-corrected chi connectivity index (χ0v) is 11.3. The third kappa shape index (κ3) is 2.62. The molecule has 0 saturated carbocycles. The van der Waals surface area contributed by atoms with Crippen LogP contribution in [0.1, 0.15) is 5.56 Å². The van der Waals surface area contributed by atoms with Gasteiger partial charge in [0.1, 0.15) is 0 Å². The molecule has 3 rings (SSSR count). The highest BCUT2D eigenvalue weighted by molar-refractivity contribution is 6.42. The molecule has 0 atom stereocenters. The van der Waals surface area contributed by atoms with Crippen molar-refractivity contribution in [2.24, 2.45) is 4.99 Å². The second kappa shape index (κ2) is 5.03. The van der Waals surface area contributed by atoms with Gasteiger partial charge >= 0.3 is 0 Å². The molecule has 0 amide bonds. The predicted octanol–water partition coefficient (Wildman–Crippen LogP) is 4.62. The standard InChI is InChI=1S/C14H9Cl2N3/c15-12-4-1-9(5-13(12)16)7-17-11-3-2-10-8-18-19-14(10)6-11/h1-8H,(H,18,19). The summed E-state index contributed by atoms with van der Waals surface area (Å²) in [4.78, 5) is 4.40. The summed E-state index contributed by atoms with van der Waals surface area (Å²) in [6.07, 6.45) is 3.53. The second-order valence-corrected chi connectivity index (χ2v) is 4.89. The van der Waals surface area contributed by atoms with Gasteiger partial charge < -0.3 is 0 Å². The van der Waals surface area contributed by atoms with Crippen molar-refractivity contribution in [1.82, 2.24) is 10.2 Å². The molecule has 0 bridgehead atoms. The van der Waals surface area contributed by atoms with Crippen molar-refractivity contribution in [2.75, 3.05) is 0 Å². The van der Waals surface area contributed by atoms with E-state index in [0.29, 0.717) is 10.0 Å². The van der Waals surface area contributed by atoms with Crippen LogP contribution < -0.4 is 0 Å². The summed E-state index contributed by atoms with van der Waals surface area (Å²) in [6, 6.07) is 11.3. The van der Waals surface area contributed by atoms with E-state index in [1.165, 1.54) is 0 Å². The summed E-state index contributed by atoms with van der Waals surface area (Å²) < 4.78 is 0. The second-order valence-electron chi connectivity index (χ2n) is 4.07. The van der Waals surface area contributed by atoms with Crippen molar-refractivity contribution < 1.29 is 0 Å². The molecule has 0 fully saturated rings. The third-order valence-corrected chi connectivity index (χ3v) is 3.47. The molecule has 0 radical (unpaired) electrons. The molecule has 1 N–H and O–H groups in total. The lowest BCUT2D eigenvalue weighted by Gasteiger charge is -1.98. The summed E-state index contributed by atoms with van der Waals surface area (Å²) in [7, 11) is 0. The van der Waals surface area contributed by atoms with Crippen LogP contribution in [0.25, 0.3) is 10.9 Å². The number of fused-ring (bicyclic) bond motifs is 1. The highest BCUT2D eigenvalue weighted by Crippen LogP contribution is 2.23. The van der Waals surface area contributed by atoms with Crippen LogP contribution in [0.5, 0.6) is 0 Å². The van der Waals surface area contributed by atoms with Crippen LogP contribution >= 0.6 is 23.2 Å². The molecule has 2 aromatic carbocycles. The Kier molecular flexibility index (Phi) is 3.23. The number of hydrogen-bond donors (Lipinski definition) is 1. The van der Waals surface area contributed by atoms with Crippen molar-refractivity contribution in [2.45, 2.75) is 0 Å². The van der Waals surface area contributed by atoms with Crippen molar-refractivity contribution >= 4 is 46.0 Å². The minimum absolute atomic E-state index is 0.523. The Morgan fingerprint density at radius 1 is 1.05 bits per heavy atom. The smallest absolute Gasteiger partial charge is 0.0671 e. The van der Waals surface area contributed by atoms with E-state index in [9.17, 15) is 0 Å². The summed E-state index contributed by atoms with van der Waals surface area (Å²) >= 11 is 11.8. The summed E-state index contributed by atoms with van der Waals surface area (Å²) in [5, 5.41) is 9.01. The predicted molar refractivity (Wildman–Crippen MR) is 79.8 cm³/mol. The zero-order chi connectivity index (χ0) is 13.2. The lowest BCUT2D eigenvalue weighted by molar-refractivity contribution is 1.12. The molecule has 1 aromatic heterocycles. The number of nitrogens with one attached hydrogen (secondary N) is 1. The number of benzene rings is 2. The van der Waals surface area contributed by atoms with E-state index in [-0.39, 0.29) is 0 Å². The molecule has 0 aliphatic rings. The molecular formula is C14H9Cl2N3. The molecule has 0 unspecified atom stereocenters. The Hall–Kier alpha value is -1.84. The van der Waals surface area contributed by atoms with Gasteiger partial charge in [0.25, 0.3) is 0 Å². The van der Waals surface area contributed by atoms with Crippen LogP contribution in [0.2, 0.25) is 10.0 Å². The Morgan fingerprint density at radius 2 is 1.95 bits per heavy atom. The van der Waals surface area contributed by atoms with E-state index in [1.54, 1.807) is 24.5 Å². The van der Waals surface area contributed by atoms with Crippen LogP contribution in [-0.4, -0.2) is 16.4 Å². The number of nitrogens with zero attached hydrogens (tertiary/aromatic N) is 2.